The van der Waals surface area contributed by atoms with Crippen LogP contribution in [-0.4, -0.2) is 38.3 Å². The molecule has 7 nitrogen and oxygen atoms in total. The predicted molar refractivity (Wildman–Crippen MR) is 80.6 cm³/mol. The van der Waals surface area contributed by atoms with Gasteiger partial charge in [0.15, 0.2) is 5.52 Å². The zero-order chi connectivity index (χ0) is 14.5. The van der Waals surface area contributed by atoms with Gasteiger partial charge in [0.05, 0.1) is 16.6 Å². The monoisotopic (exact) mass is 294 g/mol. The minimum absolute atomic E-state index is 0.134. The minimum Gasteiger partial charge on any atom is -0.349 e. The van der Waals surface area contributed by atoms with Crippen LogP contribution in [0.2, 0.25) is 0 Å². The molecule has 20 heavy (non-hydrogen) atoms. The Morgan fingerprint density at radius 2 is 2.20 bits per heavy atom. The Labute approximate surface area is 121 Å². The van der Waals surface area contributed by atoms with Crippen LogP contribution in [0.3, 0.4) is 0 Å². The highest BCUT2D eigenvalue weighted by Crippen LogP contribution is 2.19. The molecule has 3 rings (SSSR count). The summed E-state index contributed by atoms with van der Waals surface area (Å²) < 4.78 is 3.08. The molecule has 1 aliphatic heterocycles. The van der Waals surface area contributed by atoms with E-state index in [0.29, 0.717) is 23.2 Å². The van der Waals surface area contributed by atoms with E-state index in [1.807, 2.05) is 20.8 Å². The summed E-state index contributed by atoms with van der Waals surface area (Å²) in [4.78, 5) is 16.4. The van der Waals surface area contributed by atoms with E-state index in [2.05, 4.69) is 33.3 Å². The van der Waals surface area contributed by atoms with Crippen molar-refractivity contribution in [2.45, 2.75) is 31.7 Å². The molecule has 2 aromatic heterocycles. The molecule has 0 aromatic carbocycles. The van der Waals surface area contributed by atoms with Gasteiger partial charge in [0, 0.05) is 13.1 Å². The average molecular weight is 294 g/mol. The van der Waals surface area contributed by atoms with Crippen molar-refractivity contribution < 1.29 is 0 Å². The third-order valence-electron chi connectivity index (χ3n) is 3.44. The number of aromatic nitrogens is 4. The SMILES string of the molecule is Cc1nc(NC2CNC2)n2ncn(C(C)(C)S)c(=O)c12. The van der Waals surface area contributed by atoms with Gasteiger partial charge in [0.1, 0.15) is 6.33 Å². The van der Waals surface area contributed by atoms with E-state index in [9.17, 15) is 4.79 Å². The van der Waals surface area contributed by atoms with Crippen LogP contribution in [0.15, 0.2) is 11.1 Å². The molecule has 0 spiro atoms. The normalized spacial score (nSPS) is 16.4. The molecule has 0 aliphatic carbocycles. The van der Waals surface area contributed by atoms with Crippen molar-refractivity contribution in [3.63, 3.8) is 0 Å². The van der Waals surface area contributed by atoms with Gasteiger partial charge < -0.3 is 10.6 Å². The molecule has 0 bridgehead atoms. The van der Waals surface area contributed by atoms with Crippen molar-refractivity contribution in [3.8, 4) is 0 Å². The first-order chi connectivity index (χ1) is 9.38. The van der Waals surface area contributed by atoms with Crippen LogP contribution >= 0.6 is 12.6 Å². The van der Waals surface area contributed by atoms with Crippen LogP contribution < -0.4 is 16.2 Å². The van der Waals surface area contributed by atoms with Crippen molar-refractivity contribution in [3.05, 3.63) is 22.4 Å². The van der Waals surface area contributed by atoms with E-state index in [0.717, 1.165) is 13.1 Å². The molecule has 1 aliphatic rings. The molecule has 2 N–H and O–H groups in total. The number of rotatable bonds is 3. The molecule has 0 amide bonds. The number of hydrogen-bond donors (Lipinski definition) is 3. The number of nitrogens with zero attached hydrogens (tertiary/aromatic N) is 4. The smallest absolute Gasteiger partial charge is 0.280 e. The van der Waals surface area contributed by atoms with Gasteiger partial charge in [-0.2, -0.15) is 22.2 Å². The van der Waals surface area contributed by atoms with E-state index in [1.54, 1.807) is 4.52 Å². The zero-order valence-electron chi connectivity index (χ0n) is 11.7. The fourth-order valence-corrected chi connectivity index (χ4v) is 2.34. The summed E-state index contributed by atoms with van der Waals surface area (Å²) in [6, 6.07) is 0.338. The van der Waals surface area contributed by atoms with Crippen molar-refractivity contribution in [1.29, 1.82) is 0 Å². The van der Waals surface area contributed by atoms with E-state index in [1.165, 1.54) is 10.9 Å². The summed E-state index contributed by atoms with van der Waals surface area (Å²) in [5.41, 5.74) is 1.03. The van der Waals surface area contributed by atoms with Gasteiger partial charge in [0.25, 0.3) is 5.56 Å². The number of thiol groups is 1. The van der Waals surface area contributed by atoms with Gasteiger partial charge in [-0.25, -0.2) is 4.98 Å². The Hall–Kier alpha value is -1.54. The second-order valence-electron chi connectivity index (χ2n) is 5.58. The van der Waals surface area contributed by atoms with Crippen molar-refractivity contribution >= 4 is 24.1 Å². The fourth-order valence-electron chi connectivity index (χ4n) is 2.20. The number of anilines is 1. The second kappa shape index (κ2) is 4.49. The Balaban J connectivity index is 2.13. The van der Waals surface area contributed by atoms with Gasteiger partial charge in [0.2, 0.25) is 5.95 Å². The summed E-state index contributed by atoms with van der Waals surface area (Å²) in [7, 11) is 0. The first kappa shape index (κ1) is 13.4. The zero-order valence-corrected chi connectivity index (χ0v) is 12.6. The topological polar surface area (TPSA) is 76.2 Å². The van der Waals surface area contributed by atoms with Gasteiger partial charge >= 0.3 is 0 Å². The van der Waals surface area contributed by atoms with Crippen LogP contribution in [0.1, 0.15) is 19.5 Å². The van der Waals surface area contributed by atoms with Crippen LogP contribution in [0.5, 0.6) is 0 Å². The maximum absolute atomic E-state index is 12.6. The molecular weight excluding hydrogens is 276 g/mol. The maximum Gasteiger partial charge on any atom is 0.280 e. The molecule has 3 heterocycles. The molecule has 1 saturated heterocycles. The Morgan fingerprint density at radius 3 is 2.75 bits per heavy atom. The molecular formula is C12H18N6OS. The molecule has 8 heteroatoms. The molecule has 0 atom stereocenters. The Morgan fingerprint density at radius 1 is 1.50 bits per heavy atom. The van der Waals surface area contributed by atoms with Gasteiger partial charge in [-0.1, -0.05) is 0 Å². The molecule has 1 fully saturated rings. The number of nitrogens with one attached hydrogen (secondary N) is 2. The number of imidazole rings is 1. The van der Waals surface area contributed by atoms with E-state index in [-0.39, 0.29) is 5.56 Å². The first-order valence-corrected chi connectivity index (χ1v) is 7.00. The van der Waals surface area contributed by atoms with Gasteiger partial charge in [-0.3, -0.25) is 9.36 Å². The average Bonchev–Trinajstić information content (AvgIpc) is 2.60. The van der Waals surface area contributed by atoms with Crippen LogP contribution in [0.4, 0.5) is 5.95 Å². The summed E-state index contributed by atoms with van der Waals surface area (Å²) in [6.07, 6.45) is 1.51. The lowest BCUT2D eigenvalue weighted by molar-refractivity contribution is 0.468. The Kier molecular flexibility index (Phi) is 3.02. The summed E-state index contributed by atoms with van der Waals surface area (Å²) in [5, 5.41) is 10.8. The summed E-state index contributed by atoms with van der Waals surface area (Å²) in [6.45, 7) is 7.31. The van der Waals surface area contributed by atoms with Crippen molar-refractivity contribution in [1.82, 2.24) is 24.5 Å². The lowest BCUT2D eigenvalue weighted by Gasteiger charge is -2.27. The highest BCUT2D eigenvalue weighted by molar-refractivity contribution is 7.81. The summed E-state index contributed by atoms with van der Waals surface area (Å²) in [5.74, 6) is 0.616. The highest BCUT2D eigenvalue weighted by Gasteiger charge is 2.23. The molecule has 108 valence electrons. The number of fused-ring (bicyclic) bond motifs is 1. The molecule has 0 saturated carbocycles. The predicted octanol–water partition coefficient (Wildman–Crippen LogP) is 0.206. The highest BCUT2D eigenvalue weighted by atomic mass is 32.1. The van der Waals surface area contributed by atoms with Gasteiger partial charge in [-0.15, -0.1) is 0 Å². The molecule has 0 unspecified atom stereocenters. The lowest BCUT2D eigenvalue weighted by Crippen LogP contribution is -2.51. The largest absolute Gasteiger partial charge is 0.349 e. The van der Waals surface area contributed by atoms with Crippen molar-refractivity contribution in [2.24, 2.45) is 0 Å². The third-order valence-corrected chi connectivity index (χ3v) is 3.65. The first-order valence-electron chi connectivity index (χ1n) is 6.55. The van der Waals surface area contributed by atoms with Gasteiger partial charge in [-0.05, 0) is 20.8 Å². The van der Waals surface area contributed by atoms with Crippen LogP contribution in [0, 0.1) is 6.92 Å². The molecule has 2 aromatic rings. The van der Waals surface area contributed by atoms with Crippen LogP contribution in [0.25, 0.3) is 5.52 Å². The standard InChI is InChI=1S/C12H18N6OS/c1-7-9-10(19)17(12(2,3)20)6-14-18(9)11(15-7)16-8-4-13-5-8/h6,8,13,20H,4-5H2,1-3H3,(H,15,16). The van der Waals surface area contributed by atoms with E-state index >= 15 is 0 Å². The maximum atomic E-state index is 12.6. The minimum atomic E-state index is -0.603. The number of aryl methyl sites for hydroxylation is 1. The van der Waals surface area contributed by atoms with Crippen LogP contribution in [-0.2, 0) is 4.87 Å². The fraction of sp³-hybridized carbons (Fsp3) is 0.583. The molecule has 0 radical (unpaired) electrons. The number of hydrogen-bond acceptors (Lipinski definition) is 6. The Bertz CT molecular complexity index is 709. The second-order valence-corrected chi connectivity index (χ2v) is 6.68. The summed E-state index contributed by atoms with van der Waals surface area (Å²) >= 11 is 4.43. The van der Waals surface area contributed by atoms with Crippen molar-refractivity contribution in [2.75, 3.05) is 18.4 Å². The third kappa shape index (κ3) is 2.08. The van der Waals surface area contributed by atoms with E-state index < -0.39 is 4.87 Å². The quantitative estimate of drug-likeness (QED) is 0.705. The van der Waals surface area contributed by atoms with E-state index in [4.69, 9.17) is 0 Å². The lowest BCUT2D eigenvalue weighted by atomic mass is 10.2.